The highest BCUT2D eigenvalue weighted by atomic mass is 31.1. The third-order valence-electron chi connectivity index (χ3n) is 17.6. The Hall–Kier alpha value is -10.6. The summed E-state index contributed by atoms with van der Waals surface area (Å²) in [6.07, 6.45) is -5.02. The van der Waals surface area contributed by atoms with Gasteiger partial charge in [0.25, 0.3) is 23.6 Å². The van der Waals surface area contributed by atoms with Gasteiger partial charge in [-0.25, -0.2) is 14.4 Å². The lowest BCUT2D eigenvalue weighted by atomic mass is 9.96. The summed E-state index contributed by atoms with van der Waals surface area (Å²) in [6, 6.07) is 3.26. The van der Waals surface area contributed by atoms with E-state index in [1.807, 2.05) is 0 Å². The number of urea groups is 1. The lowest BCUT2D eigenvalue weighted by Crippen LogP contribution is -2.61. The first-order valence-corrected chi connectivity index (χ1v) is 37.3. The van der Waals surface area contributed by atoms with Crippen LogP contribution in [0.25, 0.3) is 0 Å². The van der Waals surface area contributed by atoms with Crippen LogP contribution in [0.2, 0.25) is 0 Å². The van der Waals surface area contributed by atoms with Crippen molar-refractivity contribution >= 4 is 109 Å². The fourth-order valence-corrected chi connectivity index (χ4v) is 11.7. The van der Waals surface area contributed by atoms with E-state index in [-0.39, 0.29) is 63.9 Å². The first-order chi connectivity index (χ1) is 52.1. The minimum atomic E-state index is -3.12. The van der Waals surface area contributed by atoms with E-state index < -0.39 is 205 Å². The predicted molar refractivity (Wildman–Crippen MR) is 401 cm³/mol. The van der Waals surface area contributed by atoms with E-state index in [4.69, 9.17) is 33.7 Å². The number of nitrogens with zero attached hydrogens (tertiary/aromatic N) is 3. The quantitative estimate of drug-likeness (QED) is 0.0113. The van der Waals surface area contributed by atoms with Crippen molar-refractivity contribution in [3.05, 3.63) is 90.2 Å². The highest BCUT2D eigenvalue weighted by molar-refractivity contribution is 7.33. The average Bonchev–Trinajstić information content (AvgIpc) is 1.18. The minimum Gasteiger partial charge on any atom is -0.459 e. The Morgan fingerprint density at radius 2 is 1.19 bits per heavy atom. The number of primary amides is 1. The third kappa shape index (κ3) is 30.7. The molecule has 612 valence electrons. The van der Waals surface area contributed by atoms with Crippen molar-refractivity contribution in [1.82, 2.24) is 57.2 Å². The molecule has 14 amide bonds. The number of hydrogen-bond donors (Lipinski definition) is 10. The summed E-state index contributed by atoms with van der Waals surface area (Å²) in [7, 11) is 1.92. The second-order valence-corrected chi connectivity index (χ2v) is 28.7. The number of carbonyl (C=O) groups is 16. The molecule has 36 nitrogen and oxygen atoms in total. The maximum atomic E-state index is 14.5. The molecule has 2 aromatic rings. The number of hydrogen-bond acceptors (Lipinski definition) is 23. The molecule has 0 spiro atoms. The van der Waals surface area contributed by atoms with Crippen LogP contribution in [0, 0.1) is 23.7 Å². The van der Waals surface area contributed by atoms with Crippen LogP contribution >= 0.6 is 8.25 Å². The van der Waals surface area contributed by atoms with Gasteiger partial charge in [0.1, 0.15) is 60.8 Å². The minimum absolute atomic E-state index is 0.00662. The van der Waals surface area contributed by atoms with Gasteiger partial charge in [0.05, 0.1) is 12.5 Å². The van der Waals surface area contributed by atoms with Gasteiger partial charge >= 0.3 is 32.2 Å². The van der Waals surface area contributed by atoms with Crippen molar-refractivity contribution in [3.63, 3.8) is 0 Å². The van der Waals surface area contributed by atoms with E-state index >= 15 is 0 Å². The van der Waals surface area contributed by atoms with Crippen LogP contribution in [0.15, 0.2) is 79.0 Å². The van der Waals surface area contributed by atoms with Crippen molar-refractivity contribution in [2.24, 2.45) is 29.4 Å². The Morgan fingerprint density at radius 3 is 1.73 bits per heavy atom. The Balaban J connectivity index is 1.77. The van der Waals surface area contributed by atoms with Crippen molar-refractivity contribution in [3.8, 4) is 0 Å². The van der Waals surface area contributed by atoms with E-state index in [2.05, 4.69) is 54.4 Å². The molecule has 11 N–H and O–H groups in total. The fourth-order valence-electron chi connectivity index (χ4n) is 10.8. The Labute approximate surface area is 646 Å². The van der Waals surface area contributed by atoms with Crippen LogP contribution in [0.5, 0.6) is 0 Å². The summed E-state index contributed by atoms with van der Waals surface area (Å²) in [6.45, 7) is 22.9. The van der Waals surface area contributed by atoms with Gasteiger partial charge < -0.3 is 82.3 Å². The summed E-state index contributed by atoms with van der Waals surface area (Å²) >= 11 is 0. The molecule has 1 aliphatic heterocycles. The molecular formula is C74H109N13O23P+. The summed E-state index contributed by atoms with van der Waals surface area (Å²) in [5.74, 6) is -14.9. The zero-order valence-electron chi connectivity index (χ0n) is 65.9. The molecule has 0 radical (unpaired) electrons. The van der Waals surface area contributed by atoms with Crippen LogP contribution in [-0.2, 0) is 118 Å². The molecule has 1 aliphatic rings. The zero-order valence-corrected chi connectivity index (χ0v) is 66.8. The highest BCUT2D eigenvalue weighted by Crippen LogP contribution is 2.33. The Kier molecular flexibility index (Phi) is 39.4. The summed E-state index contributed by atoms with van der Waals surface area (Å²) < 4.78 is 47.8. The second-order valence-electron chi connectivity index (χ2n) is 27.7. The predicted octanol–water partition coefficient (Wildman–Crippen LogP) is 1.90. The first kappa shape index (κ1) is 94.6. The summed E-state index contributed by atoms with van der Waals surface area (Å²) in [4.78, 5) is 216. The van der Waals surface area contributed by atoms with Crippen LogP contribution < -0.4 is 53.6 Å². The van der Waals surface area contributed by atoms with E-state index in [0.717, 1.165) is 33.8 Å². The molecule has 2 aromatic carbocycles. The number of methoxy groups -OCH3 is 1. The van der Waals surface area contributed by atoms with E-state index in [9.17, 15) is 81.3 Å². The lowest BCUT2D eigenvalue weighted by molar-refractivity contribution is -0.170. The molecule has 0 saturated carbocycles. The molecule has 0 aromatic heterocycles. The van der Waals surface area contributed by atoms with Gasteiger partial charge in [-0.05, 0) is 80.5 Å². The largest absolute Gasteiger partial charge is 0.698 e. The van der Waals surface area contributed by atoms with Crippen LogP contribution in [0.1, 0.15) is 133 Å². The van der Waals surface area contributed by atoms with Crippen molar-refractivity contribution in [2.45, 2.75) is 208 Å². The molecule has 13 atom stereocenters. The number of rotatable bonds is 46. The fraction of sp³-hybridized carbons (Fsp3) is 0.568. The first-order valence-electron chi connectivity index (χ1n) is 36.2. The van der Waals surface area contributed by atoms with E-state index in [0.29, 0.717) is 11.1 Å². The number of benzene rings is 2. The number of nitrogens with one attached hydrogen (secondary N) is 9. The number of carbonyl (C=O) groups excluding carboxylic acids is 16. The number of nitrogens with two attached hydrogens (primary N) is 1. The van der Waals surface area contributed by atoms with Gasteiger partial charge in [0.15, 0.2) is 18.2 Å². The van der Waals surface area contributed by atoms with Crippen molar-refractivity contribution in [1.29, 1.82) is 0 Å². The van der Waals surface area contributed by atoms with Gasteiger partial charge in [0.2, 0.25) is 47.3 Å². The molecule has 0 saturated heterocycles. The number of likely N-dealkylation sites (N-methyl/N-ethyl adjacent to an activating group) is 3. The topological polar surface area (TPSA) is 490 Å². The normalized spacial score (nSPS) is 15.3. The zero-order chi connectivity index (χ0) is 83.8. The standard InChI is InChI=1S/C74H108N13O23P/c1-19-53(89)82-61(64(42(8)9)110-111(104)106-38-49-27-29-50(30-28-49)80-67(96)51(26-23-34-77-74(75)103)81-69(98)58(39(2)3)83-54(90)33-35-87-55(91)31-32-56(87)92)73(102)109-62(40(4)5)59(68(97)76-15)84-66(95)46(13)85(16)70(99)44(11)78-65(94)45(12)86(17)71(100)52(37-48-24-21-20-22-25-48)107-72(101)60(79-47(14)88)63(41(6)7)108-57(93)36-43(10)105-18/h20-22,24-25,27-32,39-44,46,51-52,58-64H,12,19,23,26,33-38H2,1-11,13-18H3,(H10-,75,76,77,78,79,80,81,82,83,84,88,89,90,94,95,96,97,98,103)/p+1/t43-,44+,46+,51+,52-,58+,59+,60+,61+,62-,63-,64-/m1/s1. The SMILES string of the molecule is C=C(C(=O)N[C@@H](C)C(=O)N(C)[C@@H](C)C(=O)N[C@H](C(=O)NC)[C@H](OC(=O)[C@@H](NC(=O)CC)[C@H](O[P+](=O)OCc1ccc(NC(=O)[C@H](CCCNC(N)=O)NC(=O)[C@@H](NC(=O)CCN2C(=O)C=CC2=O)C(C)C)cc1)C(C)C)C(C)C)N(C)C(=O)[C@@H](Cc1ccccc1)OC(=O)[C@@H](NC(C)=O)[C@H](OC(=O)C[C@@H](C)OC)C(C)C. The number of imide groups is 1. The van der Waals surface area contributed by atoms with Gasteiger partial charge in [-0.15, -0.1) is 9.05 Å². The smallest absolute Gasteiger partial charge is 0.459 e. The molecule has 1 unspecified atom stereocenters. The van der Waals surface area contributed by atoms with Gasteiger partial charge in [-0.3, -0.25) is 67.2 Å². The van der Waals surface area contributed by atoms with Crippen molar-refractivity contribution < 1.29 is 109 Å². The average molecular weight is 1580 g/mol. The molecule has 37 heteroatoms. The maximum Gasteiger partial charge on any atom is 0.698 e. The monoisotopic (exact) mass is 1580 g/mol. The summed E-state index contributed by atoms with van der Waals surface area (Å²) in [5, 5.41) is 22.8. The number of ether oxygens (including phenoxy) is 4. The molecule has 1 heterocycles. The van der Waals surface area contributed by atoms with Crippen molar-refractivity contribution in [2.75, 3.05) is 46.7 Å². The van der Waals surface area contributed by atoms with Crippen LogP contribution in [-0.4, -0.2) is 224 Å². The lowest BCUT2D eigenvalue weighted by Gasteiger charge is -2.34. The molecule has 3 rings (SSSR count). The van der Waals surface area contributed by atoms with Gasteiger partial charge in [0, 0.05) is 89.9 Å². The summed E-state index contributed by atoms with van der Waals surface area (Å²) in [5.41, 5.74) is 5.83. The molecular weight excluding hydrogens is 1470 g/mol. The molecule has 111 heavy (non-hydrogen) atoms. The second kappa shape index (κ2) is 46.2. The number of esters is 3. The Morgan fingerprint density at radius 1 is 0.622 bits per heavy atom. The Bertz CT molecular complexity index is 3670. The van der Waals surface area contributed by atoms with Crippen LogP contribution in [0.4, 0.5) is 10.5 Å². The van der Waals surface area contributed by atoms with Gasteiger partial charge in [-0.2, -0.15) is 0 Å². The number of amides is 14. The van der Waals surface area contributed by atoms with Gasteiger partial charge in [-0.1, -0.05) is 111 Å². The van der Waals surface area contributed by atoms with Crippen LogP contribution in [0.3, 0.4) is 0 Å². The molecule has 0 aliphatic carbocycles. The highest BCUT2D eigenvalue weighted by Gasteiger charge is 2.46. The van der Waals surface area contributed by atoms with E-state index in [1.54, 1.807) is 92.6 Å². The third-order valence-corrected chi connectivity index (χ3v) is 18.3. The number of anilines is 1. The molecule has 0 fully saturated rings. The maximum absolute atomic E-state index is 14.5. The molecule has 0 bridgehead atoms. The van der Waals surface area contributed by atoms with E-state index in [1.165, 1.54) is 73.3 Å².